The van der Waals surface area contributed by atoms with Crippen molar-refractivity contribution in [3.8, 4) is 5.75 Å². The first kappa shape index (κ1) is 19.8. The molecule has 0 spiro atoms. The average molecular weight is 400 g/mol. The van der Waals surface area contributed by atoms with Crippen molar-refractivity contribution in [3.05, 3.63) is 71.2 Å². The number of ether oxygens (including phenoxy) is 2. The smallest absolute Gasteiger partial charge is 0.337 e. The van der Waals surface area contributed by atoms with Crippen LogP contribution in [0.25, 0.3) is 0 Å². The van der Waals surface area contributed by atoms with Gasteiger partial charge in [0.1, 0.15) is 11.6 Å². The lowest BCUT2D eigenvalue weighted by Crippen LogP contribution is -2.48. The van der Waals surface area contributed by atoms with Crippen LogP contribution < -0.4 is 15.0 Å². The predicted octanol–water partition coefficient (Wildman–Crippen LogP) is 4.11. The summed E-state index contributed by atoms with van der Waals surface area (Å²) in [6.07, 6.45) is 0.510. The number of esters is 1. The number of anilines is 1. The number of hydrogen-bond acceptors (Lipinski definition) is 4. The SMILES string of the molecule is CCC1=C(C(=O)OC)[C@H](c2cccc(F)c2)NC(=S)N1c1ccccc1OC. The number of hydrogen-bond donors (Lipinski definition) is 1. The maximum atomic E-state index is 13.8. The molecule has 1 heterocycles. The Morgan fingerprint density at radius 2 is 1.96 bits per heavy atom. The summed E-state index contributed by atoms with van der Waals surface area (Å²) in [5, 5.41) is 3.56. The van der Waals surface area contributed by atoms with Gasteiger partial charge in [-0.2, -0.15) is 0 Å². The summed E-state index contributed by atoms with van der Waals surface area (Å²) < 4.78 is 24.3. The van der Waals surface area contributed by atoms with Crippen LogP contribution in [-0.4, -0.2) is 25.3 Å². The van der Waals surface area contributed by atoms with Gasteiger partial charge in [0.25, 0.3) is 0 Å². The van der Waals surface area contributed by atoms with Crippen molar-refractivity contribution in [2.45, 2.75) is 19.4 Å². The Morgan fingerprint density at radius 1 is 1.21 bits per heavy atom. The number of rotatable bonds is 5. The zero-order valence-corrected chi connectivity index (χ0v) is 16.7. The Morgan fingerprint density at radius 3 is 2.61 bits per heavy atom. The molecule has 0 aliphatic carbocycles. The van der Waals surface area contributed by atoms with Gasteiger partial charge in [0.15, 0.2) is 5.11 Å². The lowest BCUT2D eigenvalue weighted by Gasteiger charge is -2.38. The third-order valence-electron chi connectivity index (χ3n) is 4.59. The highest BCUT2D eigenvalue weighted by atomic mass is 32.1. The van der Waals surface area contributed by atoms with Crippen LogP contribution in [0.5, 0.6) is 5.75 Å². The van der Waals surface area contributed by atoms with E-state index in [2.05, 4.69) is 5.32 Å². The van der Waals surface area contributed by atoms with Gasteiger partial charge < -0.3 is 14.8 Å². The van der Waals surface area contributed by atoms with E-state index in [0.717, 1.165) is 0 Å². The molecule has 1 N–H and O–H groups in total. The van der Waals surface area contributed by atoms with Crippen LogP contribution >= 0.6 is 12.2 Å². The van der Waals surface area contributed by atoms with Crippen molar-refractivity contribution in [2.24, 2.45) is 0 Å². The number of thiocarbonyl (C=S) groups is 1. The summed E-state index contributed by atoms with van der Waals surface area (Å²) in [5.41, 5.74) is 2.36. The third kappa shape index (κ3) is 3.57. The number of benzene rings is 2. The molecule has 0 amide bonds. The third-order valence-corrected chi connectivity index (χ3v) is 4.89. The number of allylic oxidation sites excluding steroid dienone is 1. The van der Waals surface area contributed by atoms with E-state index in [1.165, 1.54) is 19.2 Å². The van der Waals surface area contributed by atoms with Crippen molar-refractivity contribution in [2.75, 3.05) is 19.1 Å². The minimum absolute atomic E-state index is 0.384. The molecule has 3 rings (SSSR count). The van der Waals surface area contributed by atoms with E-state index in [0.29, 0.717) is 39.8 Å². The molecule has 0 bridgehead atoms. The minimum Gasteiger partial charge on any atom is -0.495 e. The van der Waals surface area contributed by atoms with Gasteiger partial charge in [0.05, 0.1) is 31.5 Å². The molecular formula is C21H21FN2O3S. The lowest BCUT2D eigenvalue weighted by atomic mass is 9.93. The van der Waals surface area contributed by atoms with E-state index in [9.17, 15) is 9.18 Å². The molecule has 0 aromatic heterocycles. The average Bonchev–Trinajstić information content (AvgIpc) is 2.72. The van der Waals surface area contributed by atoms with Gasteiger partial charge >= 0.3 is 5.97 Å². The van der Waals surface area contributed by atoms with Gasteiger partial charge in [-0.05, 0) is 48.5 Å². The molecule has 7 heteroatoms. The predicted molar refractivity (Wildman–Crippen MR) is 110 cm³/mol. The Hall–Kier alpha value is -2.93. The van der Waals surface area contributed by atoms with Gasteiger partial charge in [-0.3, -0.25) is 4.90 Å². The van der Waals surface area contributed by atoms with Crippen LogP contribution in [0.1, 0.15) is 24.9 Å². The number of nitrogens with one attached hydrogen (secondary N) is 1. The van der Waals surface area contributed by atoms with Crippen LogP contribution in [0.3, 0.4) is 0 Å². The topological polar surface area (TPSA) is 50.8 Å². The molecule has 2 aromatic carbocycles. The fraction of sp³-hybridized carbons (Fsp3) is 0.238. The van der Waals surface area contributed by atoms with Crippen LogP contribution in [0, 0.1) is 5.82 Å². The molecule has 1 aliphatic rings. The number of nitrogens with zero attached hydrogens (tertiary/aromatic N) is 1. The van der Waals surface area contributed by atoms with Crippen LogP contribution in [0.2, 0.25) is 0 Å². The Balaban J connectivity index is 2.23. The molecule has 28 heavy (non-hydrogen) atoms. The van der Waals surface area contributed by atoms with Gasteiger partial charge in [0.2, 0.25) is 0 Å². The normalized spacial score (nSPS) is 16.6. The van der Waals surface area contributed by atoms with Crippen molar-refractivity contribution in [1.82, 2.24) is 5.32 Å². The van der Waals surface area contributed by atoms with E-state index >= 15 is 0 Å². The monoisotopic (exact) mass is 400 g/mol. The zero-order chi connectivity index (χ0) is 20.3. The number of carbonyl (C=O) groups is 1. The molecule has 146 valence electrons. The van der Waals surface area contributed by atoms with E-state index in [1.54, 1.807) is 24.1 Å². The number of carbonyl (C=O) groups excluding carboxylic acids is 1. The fourth-order valence-corrected chi connectivity index (χ4v) is 3.70. The van der Waals surface area contributed by atoms with E-state index in [4.69, 9.17) is 21.7 Å². The molecule has 2 aromatic rings. The molecule has 0 saturated heterocycles. The molecule has 1 aliphatic heterocycles. The maximum absolute atomic E-state index is 13.8. The molecule has 5 nitrogen and oxygen atoms in total. The first-order valence-electron chi connectivity index (χ1n) is 8.82. The van der Waals surface area contributed by atoms with E-state index in [1.807, 2.05) is 31.2 Å². The van der Waals surface area contributed by atoms with Crippen molar-refractivity contribution in [1.29, 1.82) is 0 Å². The molecule has 0 unspecified atom stereocenters. The molecule has 0 fully saturated rings. The second kappa shape index (κ2) is 8.39. The molecule has 0 saturated carbocycles. The van der Waals surface area contributed by atoms with Gasteiger partial charge in [-0.1, -0.05) is 31.2 Å². The Labute approximate surface area is 168 Å². The Bertz CT molecular complexity index is 945. The maximum Gasteiger partial charge on any atom is 0.337 e. The van der Waals surface area contributed by atoms with Crippen molar-refractivity contribution < 1.29 is 18.7 Å². The first-order valence-corrected chi connectivity index (χ1v) is 9.23. The molecular weight excluding hydrogens is 379 g/mol. The standard InChI is InChI=1S/C21H21FN2O3S/c1-4-15-18(20(25)27-3)19(13-8-7-9-14(22)12-13)23-21(28)24(15)16-10-5-6-11-17(16)26-2/h5-12,19H,4H2,1-3H3,(H,23,28)/t19-/m0/s1. The van der Waals surface area contributed by atoms with E-state index < -0.39 is 12.0 Å². The molecule has 1 atom stereocenters. The Kier molecular flexibility index (Phi) is 5.94. The summed E-state index contributed by atoms with van der Waals surface area (Å²) in [6.45, 7) is 1.93. The lowest BCUT2D eigenvalue weighted by molar-refractivity contribution is -0.136. The zero-order valence-electron chi connectivity index (χ0n) is 15.9. The van der Waals surface area contributed by atoms with Crippen molar-refractivity contribution in [3.63, 3.8) is 0 Å². The first-order chi connectivity index (χ1) is 13.5. The van der Waals surface area contributed by atoms with Gasteiger partial charge in [0, 0.05) is 5.70 Å². The summed E-state index contributed by atoms with van der Waals surface area (Å²) in [5.74, 6) is -0.272. The van der Waals surface area contributed by atoms with Crippen molar-refractivity contribution >= 4 is 29.0 Å². The van der Waals surface area contributed by atoms with Gasteiger partial charge in [-0.25, -0.2) is 9.18 Å². The quantitative estimate of drug-likeness (QED) is 0.602. The minimum atomic E-state index is -0.614. The largest absolute Gasteiger partial charge is 0.495 e. The number of halogens is 1. The number of methoxy groups -OCH3 is 2. The highest BCUT2D eigenvalue weighted by Gasteiger charge is 2.37. The summed E-state index contributed by atoms with van der Waals surface area (Å²) >= 11 is 5.62. The number of para-hydroxylation sites is 2. The fourth-order valence-electron chi connectivity index (χ4n) is 3.37. The highest BCUT2D eigenvalue weighted by Crippen LogP contribution is 2.39. The van der Waals surface area contributed by atoms with Crippen LogP contribution in [0.4, 0.5) is 10.1 Å². The highest BCUT2D eigenvalue weighted by molar-refractivity contribution is 7.80. The summed E-state index contributed by atoms with van der Waals surface area (Å²) in [4.78, 5) is 14.5. The van der Waals surface area contributed by atoms with Gasteiger partial charge in [-0.15, -0.1) is 0 Å². The van der Waals surface area contributed by atoms with E-state index in [-0.39, 0.29) is 5.82 Å². The molecule has 0 radical (unpaired) electrons. The van der Waals surface area contributed by atoms with Crippen LogP contribution in [-0.2, 0) is 9.53 Å². The second-order valence-corrected chi connectivity index (χ2v) is 6.54. The summed E-state index contributed by atoms with van der Waals surface area (Å²) in [6, 6.07) is 12.9. The second-order valence-electron chi connectivity index (χ2n) is 6.15. The van der Waals surface area contributed by atoms with Crippen LogP contribution in [0.15, 0.2) is 59.8 Å². The summed E-state index contributed by atoms with van der Waals surface area (Å²) in [7, 11) is 2.90.